The van der Waals surface area contributed by atoms with Crippen LogP contribution < -0.4 is 11.3 Å². The average Bonchev–Trinajstić information content (AvgIpc) is 2.75. The van der Waals surface area contributed by atoms with Crippen molar-refractivity contribution in [3.8, 4) is 11.4 Å². The van der Waals surface area contributed by atoms with Crippen molar-refractivity contribution in [2.24, 2.45) is 11.7 Å². The number of hydrogen-bond donors (Lipinski definition) is 1. The van der Waals surface area contributed by atoms with Crippen LogP contribution in [0.2, 0.25) is 0 Å². The molecule has 23 heavy (non-hydrogen) atoms. The standard InChI is InChI=1S/C16H18N5O2/c1-2-10-11(15(17)23)4-3-7-21-14(22)8-13(20-16(10)21)12-5-6-18-9-19-12/h5-6,8-9,11H,2-4,7H2,1H3,(H2,17,23). The zero-order valence-electron chi connectivity index (χ0n) is 12.9. The van der Waals surface area contributed by atoms with Gasteiger partial charge in [0.1, 0.15) is 12.2 Å². The SMILES string of the molecule is CC[C]1c2nc(-c3ccncn3)cc(=O)n2CCCC1C(N)=O. The van der Waals surface area contributed by atoms with Gasteiger partial charge in [-0.1, -0.05) is 6.92 Å². The van der Waals surface area contributed by atoms with E-state index in [-0.39, 0.29) is 17.4 Å². The van der Waals surface area contributed by atoms with E-state index in [1.54, 1.807) is 16.8 Å². The summed E-state index contributed by atoms with van der Waals surface area (Å²) in [5.74, 6) is 0.635. The van der Waals surface area contributed by atoms with Crippen LogP contribution in [0, 0.1) is 11.8 Å². The van der Waals surface area contributed by atoms with Crippen LogP contribution in [0.3, 0.4) is 0 Å². The first-order valence-corrected chi connectivity index (χ1v) is 7.65. The maximum atomic E-state index is 12.5. The number of carbonyl (C=O) groups excluding carboxylic acids is 1. The monoisotopic (exact) mass is 312 g/mol. The summed E-state index contributed by atoms with van der Waals surface area (Å²) in [6, 6.07) is 3.18. The molecule has 119 valence electrons. The van der Waals surface area contributed by atoms with Gasteiger partial charge in [0.25, 0.3) is 5.56 Å². The van der Waals surface area contributed by atoms with Gasteiger partial charge in [0.15, 0.2) is 0 Å². The number of hydrogen-bond acceptors (Lipinski definition) is 5. The van der Waals surface area contributed by atoms with Crippen LogP contribution in [-0.2, 0) is 11.3 Å². The van der Waals surface area contributed by atoms with Gasteiger partial charge in [-0.3, -0.25) is 14.2 Å². The molecule has 1 atom stereocenters. The summed E-state index contributed by atoms with van der Waals surface area (Å²) < 4.78 is 1.63. The number of carbonyl (C=O) groups is 1. The fraction of sp³-hybridized carbons (Fsp3) is 0.375. The molecule has 1 aliphatic heterocycles. The van der Waals surface area contributed by atoms with Gasteiger partial charge in [-0.15, -0.1) is 0 Å². The predicted octanol–water partition coefficient (Wildman–Crippen LogP) is 0.928. The van der Waals surface area contributed by atoms with Gasteiger partial charge in [0, 0.05) is 18.8 Å². The summed E-state index contributed by atoms with van der Waals surface area (Å²) >= 11 is 0. The van der Waals surface area contributed by atoms with E-state index in [2.05, 4.69) is 15.0 Å². The molecule has 1 radical (unpaired) electrons. The minimum Gasteiger partial charge on any atom is -0.369 e. The minimum atomic E-state index is -0.374. The number of fused-ring (bicyclic) bond motifs is 1. The molecule has 0 spiro atoms. The summed E-state index contributed by atoms with van der Waals surface area (Å²) in [7, 11) is 0. The van der Waals surface area contributed by atoms with E-state index in [1.807, 2.05) is 6.92 Å². The Balaban J connectivity index is 2.16. The molecule has 0 aliphatic carbocycles. The van der Waals surface area contributed by atoms with E-state index >= 15 is 0 Å². The summed E-state index contributed by atoms with van der Waals surface area (Å²) in [6.45, 7) is 2.49. The Hall–Kier alpha value is -2.57. The Kier molecular flexibility index (Phi) is 4.18. The Morgan fingerprint density at radius 2 is 2.26 bits per heavy atom. The largest absolute Gasteiger partial charge is 0.369 e. The van der Waals surface area contributed by atoms with Crippen LogP contribution in [0.25, 0.3) is 11.4 Å². The number of nitrogens with two attached hydrogens (primary N) is 1. The van der Waals surface area contributed by atoms with Crippen LogP contribution in [0.4, 0.5) is 0 Å². The molecule has 0 aromatic carbocycles. The molecule has 1 unspecified atom stereocenters. The number of rotatable bonds is 3. The Morgan fingerprint density at radius 3 is 2.91 bits per heavy atom. The molecule has 1 amide bonds. The van der Waals surface area contributed by atoms with E-state index in [0.717, 1.165) is 12.3 Å². The second kappa shape index (κ2) is 6.28. The van der Waals surface area contributed by atoms with Crippen molar-refractivity contribution in [3.63, 3.8) is 0 Å². The first kappa shape index (κ1) is 15.3. The second-order valence-electron chi connectivity index (χ2n) is 5.53. The number of amides is 1. The van der Waals surface area contributed by atoms with Gasteiger partial charge < -0.3 is 5.73 Å². The smallest absolute Gasteiger partial charge is 0.254 e. The molecule has 0 bridgehead atoms. The molecule has 7 heteroatoms. The summed E-state index contributed by atoms with van der Waals surface area (Å²) in [4.78, 5) is 36.9. The van der Waals surface area contributed by atoms with Crippen molar-refractivity contribution < 1.29 is 4.79 Å². The molecule has 0 saturated carbocycles. The first-order chi connectivity index (χ1) is 11.1. The highest BCUT2D eigenvalue weighted by atomic mass is 16.1. The molecular weight excluding hydrogens is 294 g/mol. The summed E-state index contributed by atoms with van der Waals surface area (Å²) in [5, 5.41) is 0. The zero-order chi connectivity index (χ0) is 16.4. The van der Waals surface area contributed by atoms with Gasteiger partial charge in [0.05, 0.1) is 23.2 Å². The molecule has 2 N–H and O–H groups in total. The quantitative estimate of drug-likeness (QED) is 0.908. The molecule has 2 aromatic heterocycles. The second-order valence-corrected chi connectivity index (χ2v) is 5.53. The van der Waals surface area contributed by atoms with Gasteiger partial charge >= 0.3 is 0 Å². The van der Waals surface area contributed by atoms with Crippen LogP contribution in [0.1, 0.15) is 32.0 Å². The maximum Gasteiger partial charge on any atom is 0.254 e. The molecule has 1 aliphatic rings. The fourth-order valence-corrected chi connectivity index (χ4v) is 3.04. The lowest BCUT2D eigenvalue weighted by molar-refractivity contribution is -0.121. The van der Waals surface area contributed by atoms with E-state index in [9.17, 15) is 9.59 Å². The third-order valence-corrected chi connectivity index (χ3v) is 4.16. The molecule has 2 aromatic rings. The first-order valence-electron chi connectivity index (χ1n) is 7.65. The van der Waals surface area contributed by atoms with Crippen molar-refractivity contribution in [3.05, 3.63) is 46.8 Å². The predicted molar refractivity (Wildman–Crippen MR) is 84.1 cm³/mol. The Morgan fingerprint density at radius 1 is 1.43 bits per heavy atom. The number of nitrogens with zero attached hydrogens (tertiary/aromatic N) is 4. The lowest BCUT2D eigenvalue weighted by Crippen LogP contribution is -2.32. The van der Waals surface area contributed by atoms with E-state index in [0.29, 0.717) is 36.6 Å². The molecular formula is C16H18N5O2. The van der Waals surface area contributed by atoms with Crippen molar-refractivity contribution in [1.82, 2.24) is 19.5 Å². The topological polar surface area (TPSA) is 104 Å². The van der Waals surface area contributed by atoms with E-state index in [1.165, 1.54) is 12.4 Å². The van der Waals surface area contributed by atoms with Crippen molar-refractivity contribution >= 4 is 5.91 Å². The lowest BCUT2D eigenvalue weighted by Gasteiger charge is -2.21. The van der Waals surface area contributed by atoms with Crippen molar-refractivity contribution in [2.45, 2.75) is 32.7 Å². The fourth-order valence-electron chi connectivity index (χ4n) is 3.04. The zero-order valence-corrected chi connectivity index (χ0v) is 12.9. The van der Waals surface area contributed by atoms with Gasteiger partial charge in [-0.05, 0) is 25.3 Å². The summed E-state index contributed by atoms with van der Waals surface area (Å²) in [6.07, 6.45) is 5.00. The van der Waals surface area contributed by atoms with Crippen LogP contribution >= 0.6 is 0 Å². The average molecular weight is 312 g/mol. The van der Waals surface area contributed by atoms with E-state index < -0.39 is 0 Å². The third kappa shape index (κ3) is 2.86. The Bertz CT molecular complexity index is 772. The van der Waals surface area contributed by atoms with Crippen LogP contribution in [0.5, 0.6) is 0 Å². The normalized spacial score (nSPS) is 18.2. The highest BCUT2D eigenvalue weighted by Gasteiger charge is 2.33. The highest BCUT2D eigenvalue weighted by molar-refractivity contribution is 5.79. The van der Waals surface area contributed by atoms with Crippen molar-refractivity contribution in [1.29, 1.82) is 0 Å². The summed E-state index contributed by atoms with van der Waals surface area (Å²) in [5.41, 5.74) is 6.48. The molecule has 3 rings (SSSR count). The van der Waals surface area contributed by atoms with Gasteiger partial charge in [-0.25, -0.2) is 15.0 Å². The molecule has 3 heterocycles. The van der Waals surface area contributed by atoms with E-state index in [4.69, 9.17) is 5.73 Å². The minimum absolute atomic E-state index is 0.139. The van der Waals surface area contributed by atoms with Crippen molar-refractivity contribution in [2.75, 3.05) is 0 Å². The molecule has 0 fully saturated rings. The number of primary amides is 1. The third-order valence-electron chi connectivity index (χ3n) is 4.16. The van der Waals surface area contributed by atoms with Crippen LogP contribution in [0.15, 0.2) is 29.5 Å². The van der Waals surface area contributed by atoms with Gasteiger partial charge in [-0.2, -0.15) is 0 Å². The lowest BCUT2D eigenvalue weighted by atomic mass is 9.86. The maximum absolute atomic E-state index is 12.5. The molecule has 7 nitrogen and oxygen atoms in total. The number of aromatic nitrogens is 4. The molecule has 0 saturated heterocycles. The van der Waals surface area contributed by atoms with Crippen LogP contribution in [-0.4, -0.2) is 25.4 Å². The highest BCUT2D eigenvalue weighted by Crippen LogP contribution is 2.32. The Labute approximate surface area is 133 Å². The van der Waals surface area contributed by atoms with Gasteiger partial charge in [0.2, 0.25) is 5.91 Å².